The largest absolute Gasteiger partial charge is 0.870 e. The molecule has 0 spiro atoms. The summed E-state index contributed by atoms with van der Waals surface area (Å²) in [5.41, 5.74) is 5.99. The Labute approximate surface area is 270 Å². The van der Waals surface area contributed by atoms with Crippen LogP contribution >= 0.6 is 0 Å². The lowest BCUT2D eigenvalue weighted by Gasteiger charge is -2.27. The summed E-state index contributed by atoms with van der Waals surface area (Å²) in [7, 11) is 0. The number of nitrogens with zero attached hydrogens (tertiary/aromatic N) is 1. The normalized spacial score (nSPS) is 37.5. The minimum Gasteiger partial charge on any atom is -0.870 e. The number of ether oxygens (including phenoxy) is 3. The zero-order valence-electron chi connectivity index (χ0n) is 27.1. The molecule has 4 bridgehead atoms. The molecule has 0 aliphatic carbocycles. The van der Waals surface area contributed by atoms with Crippen LogP contribution in [0.5, 0.6) is 0 Å². The molecule has 3 N–H and O–H groups in total. The summed E-state index contributed by atoms with van der Waals surface area (Å²) < 4.78 is 16.6. The number of imide groups is 1. The maximum absolute atomic E-state index is 12.8. The van der Waals surface area contributed by atoms with Gasteiger partial charge < -0.3 is 25.4 Å². The lowest BCUT2D eigenvalue weighted by Crippen LogP contribution is -2.40. The molecule has 10 heteroatoms. The monoisotopic (exact) mass is 633 g/mol. The van der Waals surface area contributed by atoms with E-state index in [0.717, 1.165) is 44.2 Å². The van der Waals surface area contributed by atoms with Crippen LogP contribution in [0.15, 0.2) is 60.7 Å². The molecule has 10 nitrogen and oxygen atoms in total. The van der Waals surface area contributed by atoms with Crippen LogP contribution in [-0.2, 0) is 46.2 Å². The number of cyclic esters (lactones) is 2. The third-order valence-electron chi connectivity index (χ3n) is 11.0. The van der Waals surface area contributed by atoms with Gasteiger partial charge in [0, 0.05) is 6.54 Å². The molecular weight excluding hydrogens is 588 g/mol. The molecule has 6 heterocycles. The first-order chi connectivity index (χ1) is 21.3. The number of benzene rings is 2. The lowest BCUT2D eigenvalue weighted by molar-refractivity contribution is -0.161. The van der Waals surface area contributed by atoms with Gasteiger partial charge in [-0.15, -0.1) is 0 Å². The molecule has 8 rings (SSSR count). The SMILES string of the molecule is CC12CCC(C)(O1)C1C(=O)N(CCc3ccccc3)C(=O)C12.CC12CCC(C)(O1)C1C(=O)OC(=O)C12.NCCc1ccccc1.[OH-]. The first kappa shape index (κ1) is 33.9. The van der Waals surface area contributed by atoms with Gasteiger partial charge in [-0.05, 0) is 83.9 Å². The highest BCUT2D eigenvalue weighted by Crippen LogP contribution is 2.61. The number of esters is 2. The number of carbonyl (C=O) groups is 4. The van der Waals surface area contributed by atoms with Gasteiger partial charge in [-0.2, -0.15) is 0 Å². The van der Waals surface area contributed by atoms with Crippen molar-refractivity contribution in [1.82, 2.24) is 4.90 Å². The molecule has 6 saturated heterocycles. The van der Waals surface area contributed by atoms with Gasteiger partial charge in [0.25, 0.3) is 0 Å². The van der Waals surface area contributed by atoms with E-state index in [-0.39, 0.29) is 41.0 Å². The fourth-order valence-corrected chi connectivity index (χ4v) is 8.71. The summed E-state index contributed by atoms with van der Waals surface area (Å²) in [6, 6.07) is 20.2. The van der Waals surface area contributed by atoms with Crippen molar-refractivity contribution in [1.29, 1.82) is 0 Å². The van der Waals surface area contributed by atoms with Crippen LogP contribution in [0.2, 0.25) is 0 Å². The third-order valence-corrected chi connectivity index (χ3v) is 11.0. The molecule has 2 amide bonds. The van der Waals surface area contributed by atoms with Gasteiger partial charge in [0.15, 0.2) is 0 Å². The van der Waals surface area contributed by atoms with Crippen molar-refractivity contribution in [2.24, 2.45) is 29.4 Å². The number of nitrogens with two attached hydrogens (primary N) is 1. The number of hydrogen-bond donors (Lipinski definition) is 1. The van der Waals surface area contributed by atoms with Crippen molar-refractivity contribution in [2.75, 3.05) is 13.1 Å². The van der Waals surface area contributed by atoms with E-state index >= 15 is 0 Å². The highest BCUT2D eigenvalue weighted by molar-refractivity contribution is 6.07. The molecular formula is C36H45N2O8-. The summed E-state index contributed by atoms with van der Waals surface area (Å²) in [5.74, 6) is -2.16. The molecule has 8 unspecified atom stereocenters. The van der Waals surface area contributed by atoms with Crippen molar-refractivity contribution >= 4 is 23.8 Å². The Bertz CT molecular complexity index is 1420. The van der Waals surface area contributed by atoms with E-state index in [4.69, 9.17) is 15.2 Å². The summed E-state index contributed by atoms with van der Waals surface area (Å²) in [6.07, 6.45) is 5.12. The Morgan fingerprint density at radius 2 is 1.00 bits per heavy atom. The molecule has 6 aliphatic heterocycles. The molecule has 6 aliphatic rings. The third kappa shape index (κ3) is 5.59. The maximum atomic E-state index is 12.8. The smallest absolute Gasteiger partial charge is 0.320 e. The van der Waals surface area contributed by atoms with E-state index in [2.05, 4.69) is 16.9 Å². The van der Waals surface area contributed by atoms with Crippen LogP contribution in [0.4, 0.5) is 0 Å². The van der Waals surface area contributed by atoms with Gasteiger partial charge >= 0.3 is 11.9 Å². The molecule has 6 fully saturated rings. The van der Waals surface area contributed by atoms with Crippen LogP contribution in [0.3, 0.4) is 0 Å². The number of likely N-dealkylation sites (tertiary alicyclic amines) is 1. The Morgan fingerprint density at radius 3 is 1.39 bits per heavy atom. The van der Waals surface area contributed by atoms with Gasteiger partial charge in [0.1, 0.15) is 11.8 Å². The van der Waals surface area contributed by atoms with Crippen LogP contribution in [-0.4, -0.2) is 69.6 Å². The van der Waals surface area contributed by atoms with E-state index in [1.54, 1.807) is 0 Å². The highest BCUT2D eigenvalue weighted by atomic mass is 16.6. The van der Waals surface area contributed by atoms with E-state index < -0.39 is 34.3 Å². The predicted octanol–water partition coefficient (Wildman–Crippen LogP) is 3.83. The van der Waals surface area contributed by atoms with Crippen molar-refractivity contribution in [3.8, 4) is 0 Å². The van der Waals surface area contributed by atoms with Crippen molar-refractivity contribution in [3.05, 3.63) is 71.8 Å². The molecule has 8 atom stereocenters. The fraction of sp³-hybridized carbons (Fsp3) is 0.556. The van der Waals surface area contributed by atoms with Crippen molar-refractivity contribution < 1.29 is 38.9 Å². The average molecular weight is 634 g/mol. The second-order valence-electron chi connectivity index (χ2n) is 14.2. The second-order valence-corrected chi connectivity index (χ2v) is 14.2. The first-order valence-electron chi connectivity index (χ1n) is 16.1. The highest BCUT2D eigenvalue weighted by Gasteiger charge is 2.73. The number of hydrogen-bond acceptors (Lipinski definition) is 9. The fourth-order valence-electron chi connectivity index (χ4n) is 8.71. The maximum Gasteiger partial charge on any atom is 0.320 e. The van der Waals surface area contributed by atoms with E-state index in [0.29, 0.717) is 13.0 Å². The molecule has 248 valence electrons. The minimum absolute atomic E-state index is 0. The van der Waals surface area contributed by atoms with Gasteiger partial charge in [0.05, 0.1) is 34.2 Å². The standard InChI is InChI=1S/C18H21NO3.C10H12O4.C8H11N.H2O/c1-17-9-10-18(2,22-17)14-13(17)15(20)19(16(14)21)11-8-12-6-4-3-5-7-12;1-9-3-4-10(2,14-9)6-5(9)7(11)13-8(6)12;9-7-6-8-4-2-1-3-5-8;/h3-7,13-14H,8-11H2,1-2H3;5-6H,3-4H2,1-2H3;1-5H,6-7,9H2;1H2/p-1. The molecule has 0 aromatic heterocycles. The van der Waals surface area contributed by atoms with Crippen LogP contribution < -0.4 is 5.73 Å². The van der Waals surface area contributed by atoms with Gasteiger partial charge in [-0.3, -0.25) is 24.1 Å². The Balaban J connectivity index is 0.000000149. The quantitative estimate of drug-likeness (QED) is 0.294. The zero-order valence-corrected chi connectivity index (χ0v) is 27.1. The predicted molar refractivity (Wildman–Crippen MR) is 167 cm³/mol. The van der Waals surface area contributed by atoms with Gasteiger partial charge in [-0.1, -0.05) is 60.7 Å². The molecule has 2 aromatic rings. The Kier molecular flexibility index (Phi) is 9.07. The summed E-state index contributed by atoms with van der Waals surface area (Å²) >= 11 is 0. The van der Waals surface area contributed by atoms with Crippen molar-refractivity contribution in [3.63, 3.8) is 0 Å². The summed E-state index contributed by atoms with van der Waals surface area (Å²) in [6.45, 7) is 9.01. The number of rotatable bonds is 5. The molecule has 0 radical (unpaired) electrons. The molecule has 46 heavy (non-hydrogen) atoms. The number of fused-ring (bicyclic) bond motifs is 10. The average Bonchev–Trinajstić information content (AvgIpc) is 3.78. The lowest BCUT2D eigenvalue weighted by atomic mass is 9.69. The van der Waals surface area contributed by atoms with Crippen molar-refractivity contribution in [2.45, 2.75) is 88.6 Å². The second kappa shape index (κ2) is 12.3. The summed E-state index contributed by atoms with van der Waals surface area (Å²) in [5, 5.41) is 0. The van der Waals surface area contributed by atoms with Crippen LogP contribution in [0.1, 0.15) is 64.5 Å². The zero-order chi connectivity index (χ0) is 32.2. The van der Waals surface area contributed by atoms with Gasteiger partial charge in [0.2, 0.25) is 11.8 Å². The minimum atomic E-state index is -0.470. The first-order valence-corrected chi connectivity index (χ1v) is 16.1. The number of carbonyl (C=O) groups excluding carboxylic acids is 4. The van der Waals surface area contributed by atoms with E-state index in [1.807, 2.05) is 76.2 Å². The number of amides is 2. The molecule has 2 aromatic carbocycles. The topological polar surface area (TPSA) is 155 Å². The molecule has 0 saturated carbocycles. The van der Waals surface area contributed by atoms with E-state index in [1.165, 1.54) is 10.5 Å². The van der Waals surface area contributed by atoms with E-state index in [9.17, 15) is 19.2 Å². The van der Waals surface area contributed by atoms with Gasteiger partial charge in [-0.25, -0.2) is 0 Å². The van der Waals surface area contributed by atoms with Crippen LogP contribution in [0, 0.1) is 23.7 Å². The van der Waals surface area contributed by atoms with Crippen LogP contribution in [0.25, 0.3) is 0 Å². The Morgan fingerprint density at radius 1 is 0.630 bits per heavy atom. The Hall–Kier alpha value is -3.44. The summed E-state index contributed by atoms with van der Waals surface area (Å²) in [4.78, 5) is 50.0.